The molecule has 0 spiro atoms. The van der Waals surface area contributed by atoms with Gasteiger partial charge in [0.1, 0.15) is 24.5 Å². The Bertz CT molecular complexity index is 2930. The van der Waals surface area contributed by atoms with Gasteiger partial charge < -0.3 is 93.5 Å². The van der Waals surface area contributed by atoms with Gasteiger partial charge in [0, 0.05) is 47.0 Å². The third-order valence-corrected chi connectivity index (χ3v) is 15.2. The molecule has 6 rings (SSSR count). The number of primary amides is 1. The van der Waals surface area contributed by atoms with Gasteiger partial charge in [-0.2, -0.15) is 0 Å². The third-order valence-electron chi connectivity index (χ3n) is 15.2. The number of benzene rings is 1. The molecular weight excluding hydrogens is 1180 g/mol. The van der Waals surface area contributed by atoms with Gasteiger partial charge in [0.15, 0.2) is 5.60 Å². The summed E-state index contributed by atoms with van der Waals surface area (Å²) in [5, 5.41) is 26.7. The number of esters is 1. The molecule has 90 heavy (non-hydrogen) atoms. The van der Waals surface area contributed by atoms with Crippen molar-refractivity contribution >= 4 is 40.6 Å². The lowest BCUT2D eigenvalue weighted by molar-refractivity contribution is -0.172. The number of aromatic nitrogens is 2. The standard InChI is InChI=1S/C60H89FN10O19/c1-5-60(78)44-35-49-54-42(37-71(49)57(75)43(44)38-90-58(60)76)52-46(9-8-41-40(4)45(61)36-48(66-54)51(41)52)67-55(73)47(7-6-11-64-59(62)77)68-56(74)53(39(2)3)69-50(72)10-13-79-15-17-81-19-21-83-23-25-85-27-29-87-31-33-89-34-32-88-30-28-86-26-24-84-22-20-82-18-16-80-14-12-65-70-63/h35-36,39,46-47,53,78H,5-34,37-38H2,1-4H3,(H,67,73)(H,68,74)(H,69,72)(H3,62,64,77)/t46-,47-,53-,60-/m0/s1. The van der Waals surface area contributed by atoms with Gasteiger partial charge in [-0.25, -0.2) is 19.0 Å². The van der Waals surface area contributed by atoms with Gasteiger partial charge in [0.05, 0.1) is 180 Å². The van der Waals surface area contributed by atoms with Gasteiger partial charge in [-0.15, -0.1) is 0 Å². The van der Waals surface area contributed by atoms with Crippen LogP contribution in [0.3, 0.4) is 0 Å². The largest absolute Gasteiger partial charge is 0.458 e. The number of hydrogen-bond donors (Lipinski definition) is 6. The van der Waals surface area contributed by atoms with Crippen molar-refractivity contribution in [3.63, 3.8) is 0 Å². The van der Waals surface area contributed by atoms with Crippen molar-refractivity contribution < 1.29 is 90.3 Å². The first kappa shape index (κ1) is 72.6. The molecule has 0 unspecified atom stereocenters. The number of rotatable bonds is 47. The van der Waals surface area contributed by atoms with Crippen molar-refractivity contribution in [2.24, 2.45) is 16.8 Å². The van der Waals surface area contributed by atoms with Crippen LogP contribution >= 0.6 is 0 Å². The third kappa shape index (κ3) is 21.8. The van der Waals surface area contributed by atoms with E-state index in [0.717, 1.165) is 0 Å². The molecule has 0 fully saturated rings. The first-order valence-electron chi connectivity index (χ1n) is 30.7. The first-order valence-corrected chi connectivity index (χ1v) is 30.7. The Kier molecular flexibility index (Phi) is 31.5. The number of nitrogens with one attached hydrogen (secondary N) is 4. The fourth-order valence-corrected chi connectivity index (χ4v) is 10.4. The number of fused-ring (bicyclic) bond motifs is 5. The molecule has 3 aliphatic rings. The number of carbonyl (C=O) groups is 5. The summed E-state index contributed by atoms with van der Waals surface area (Å²) in [6.45, 7) is 15.3. The zero-order valence-electron chi connectivity index (χ0n) is 52.1. The predicted molar refractivity (Wildman–Crippen MR) is 322 cm³/mol. The average Bonchev–Trinajstić information content (AvgIpc) is 1.46. The van der Waals surface area contributed by atoms with Crippen LogP contribution in [0.1, 0.15) is 92.3 Å². The van der Waals surface area contributed by atoms with E-state index in [9.17, 15) is 33.9 Å². The number of halogens is 1. The maximum Gasteiger partial charge on any atom is 0.343 e. The highest BCUT2D eigenvalue weighted by Gasteiger charge is 2.46. The highest BCUT2D eigenvalue weighted by atomic mass is 19.1. The highest BCUT2D eigenvalue weighted by molar-refractivity contribution is 5.95. The van der Waals surface area contributed by atoms with Crippen molar-refractivity contribution in [1.82, 2.24) is 30.8 Å². The number of azide groups is 1. The van der Waals surface area contributed by atoms with Crippen LogP contribution in [0.15, 0.2) is 22.0 Å². The average molecular weight is 1270 g/mol. The summed E-state index contributed by atoms with van der Waals surface area (Å²) in [7, 11) is 0. The second kappa shape index (κ2) is 39.0. The molecule has 2 aromatic heterocycles. The monoisotopic (exact) mass is 1270 g/mol. The van der Waals surface area contributed by atoms with E-state index in [1.54, 1.807) is 33.8 Å². The lowest BCUT2D eigenvalue weighted by atomic mass is 9.81. The summed E-state index contributed by atoms with van der Waals surface area (Å²) in [4.78, 5) is 88.0. The van der Waals surface area contributed by atoms with Crippen LogP contribution in [0.5, 0.6) is 0 Å². The van der Waals surface area contributed by atoms with E-state index < -0.39 is 70.7 Å². The minimum Gasteiger partial charge on any atom is -0.458 e. The van der Waals surface area contributed by atoms with Crippen LogP contribution in [-0.2, 0) is 101 Å². The molecule has 30 heteroatoms. The number of amides is 5. The summed E-state index contributed by atoms with van der Waals surface area (Å²) in [5.74, 6) is -3.39. The maximum atomic E-state index is 15.6. The molecule has 5 amide bonds. The molecule has 4 heterocycles. The summed E-state index contributed by atoms with van der Waals surface area (Å²) >= 11 is 0. The number of aliphatic hydroxyl groups is 1. The van der Waals surface area contributed by atoms with E-state index in [2.05, 4.69) is 31.3 Å². The fourth-order valence-electron chi connectivity index (χ4n) is 10.4. The van der Waals surface area contributed by atoms with Gasteiger partial charge in [0.25, 0.3) is 5.56 Å². The van der Waals surface area contributed by atoms with E-state index in [1.807, 2.05) is 0 Å². The number of nitrogens with zero attached hydrogens (tertiary/aromatic N) is 5. The van der Waals surface area contributed by atoms with Crippen LogP contribution in [0.25, 0.3) is 32.7 Å². The Labute approximate surface area is 522 Å². The molecule has 0 saturated heterocycles. The number of ether oxygens (including phenoxy) is 12. The number of cyclic esters (lactones) is 1. The molecule has 3 aromatic rings. The zero-order chi connectivity index (χ0) is 64.7. The second-order valence-electron chi connectivity index (χ2n) is 21.6. The van der Waals surface area contributed by atoms with Crippen molar-refractivity contribution in [3.05, 3.63) is 72.1 Å². The lowest BCUT2D eigenvalue weighted by Gasteiger charge is -2.32. The Balaban J connectivity index is 0.834. The predicted octanol–water partition coefficient (Wildman–Crippen LogP) is 2.59. The van der Waals surface area contributed by atoms with Crippen molar-refractivity contribution in [1.29, 1.82) is 0 Å². The zero-order valence-corrected chi connectivity index (χ0v) is 52.1. The summed E-state index contributed by atoms with van der Waals surface area (Å²) in [6, 6.07) is -0.801. The van der Waals surface area contributed by atoms with E-state index in [0.29, 0.717) is 189 Å². The van der Waals surface area contributed by atoms with E-state index in [-0.39, 0.29) is 76.3 Å². The number of hydrogen-bond acceptors (Lipinski definition) is 21. The van der Waals surface area contributed by atoms with Gasteiger partial charge >= 0.3 is 12.0 Å². The molecule has 0 bridgehead atoms. The first-order chi connectivity index (χ1) is 43.6. The fraction of sp³-hybridized carbons (Fsp3) is 0.683. The molecular formula is C60H89FN10O19. The second-order valence-corrected chi connectivity index (χ2v) is 21.6. The summed E-state index contributed by atoms with van der Waals surface area (Å²) < 4.78 is 82.7. The lowest BCUT2D eigenvalue weighted by Crippen LogP contribution is -2.56. The van der Waals surface area contributed by atoms with Gasteiger partial charge in [0.2, 0.25) is 17.7 Å². The van der Waals surface area contributed by atoms with Gasteiger partial charge in [-0.05, 0) is 73.2 Å². The molecule has 29 nitrogen and oxygen atoms in total. The number of aryl methyl sites for hydroxylation is 1. The summed E-state index contributed by atoms with van der Waals surface area (Å²) in [5.41, 5.74) is 14.5. The number of urea groups is 1. The number of nitrogens with two attached hydrogens (primary N) is 1. The van der Waals surface area contributed by atoms with E-state index in [1.165, 1.54) is 10.6 Å². The minimum atomic E-state index is -2.07. The minimum absolute atomic E-state index is 0.0221. The molecule has 4 atom stereocenters. The number of carbonyl (C=O) groups excluding carboxylic acids is 5. The normalized spacial score (nSPS) is 16.2. The van der Waals surface area contributed by atoms with E-state index in [4.69, 9.17) is 73.1 Å². The van der Waals surface area contributed by atoms with Crippen molar-refractivity contribution in [3.8, 4) is 11.4 Å². The van der Waals surface area contributed by atoms with Crippen LogP contribution in [0, 0.1) is 18.7 Å². The van der Waals surface area contributed by atoms with Crippen LogP contribution in [-0.4, -0.2) is 215 Å². The molecule has 1 aliphatic carbocycles. The van der Waals surface area contributed by atoms with Crippen LogP contribution < -0.4 is 32.6 Å². The quantitative estimate of drug-likeness (QED) is 0.0122. The van der Waals surface area contributed by atoms with Crippen LogP contribution in [0.2, 0.25) is 0 Å². The van der Waals surface area contributed by atoms with Gasteiger partial charge in [-0.3, -0.25) is 19.2 Å². The van der Waals surface area contributed by atoms with Crippen LogP contribution in [0.4, 0.5) is 9.18 Å². The van der Waals surface area contributed by atoms with E-state index >= 15 is 4.39 Å². The van der Waals surface area contributed by atoms with Crippen molar-refractivity contribution in [2.75, 3.05) is 158 Å². The summed E-state index contributed by atoms with van der Waals surface area (Å²) in [6.07, 6.45) is 0.859. The topological polar surface area (TPSA) is 374 Å². The van der Waals surface area contributed by atoms with Gasteiger partial charge in [-0.1, -0.05) is 25.9 Å². The highest BCUT2D eigenvalue weighted by Crippen LogP contribution is 2.46. The Morgan fingerprint density at radius 3 is 1.80 bits per heavy atom. The number of pyridine rings is 2. The molecule has 0 radical (unpaired) electrons. The molecule has 500 valence electrons. The maximum absolute atomic E-state index is 15.6. The molecule has 1 aromatic carbocycles. The Hall–Kier alpha value is -6.51. The SMILES string of the molecule is CC[C@@]1(O)C(=O)OCc2c1cc1n(c2=O)Cc2c-1nc1cc(F)c(C)c3c1c2[C@@H](NC(=O)[C@H](CCCNC(N)=O)NC(=O)[C@@H](NC(=O)CCOCCOCCOCCOCCOCCOCCOCCOCCOCCOCCOCCN=[N+]=[N-])C(C)C)CC3. The molecule has 2 aliphatic heterocycles. The molecule has 7 N–H and O–H groups in total. The Morgan fingerprint density at radius 1 is 0.778 bits per heavy atom. The van der Waals surface area contributed by atoms with Crippen molar-refractivity contribution in [2.45, 2.75) is 103 Å². The Morgan fingerprint density at radius 2 is 1.30 bits per heavy atom. The smallest absolute Gasteiger partial charge is 0.343 e. The molecule has 0 saturated carbocycles.